The molecule has 1 unspecified atom stereocenters. The van der Waals surface area contributed by atoms with Crippen molar-refractivity contribution in [2.24, 2.45) is 5.92 Å². The molecule has 1 aromatic rings. The van der Waals surface area contributed by atoms with E-state index in [1.807, 2.05) is 20.8 Å². The highest BCUT2D eigenvalue weighted by molar-refractivity contribution is 5.10. The van der Waals surface area contributed by atoms with Crippen LogP contribution in [-0.4, -0.2) is 17.2 Å². The van der Waals surface area contributed by atoms with Crippen molar-refractivity contribution in [3.8, 4) is 0 Å². The molecule has 0 aliphatic carbocycles. The minimum atomic E-state index is -4.51. The van der Waals surface area contributed by atoms with Gasteiger partial charge in [-0.2, -0.15) is 13.2 Å². The lowest BCUT2D eigenvalue weighted by Gasteiger charge is -2.19. The molecule has 108 valence electrons. The third-order valence-electron chi connectivity index (χ3n) is 2.71. The van der Waals surface area contributed by atoms with Crippen molar-refractivity contribution in [1.29, 1.82) is 0 Å². The van der Waals surface area contributed by atoms with Crippen LogP contribution in [0.5, 0.6) is 0 Å². The standard InChI is InChI=1S/C13H19F3N2O/c1-9(2)17-7-10(3)8-18-11(13(14,15)16)5-4-6-12(18)19/h4-6,9-10,17H,7-8H2,1-3H3. The van der Waals surface area contributed by atoms with Crippen LogP contribution in [0.3, 0.4) is 0 Å². The summed E-state index contributed by atoms with van der Waals surface area (Å²) in [7, 11) is 0. The molecular formula is C13H19F3N2O. The molecule has 6 heteroatoms. The number of hydrogen-bond donors (Lipinski definition) is 1. The first-order valence-corrected chi connectivity index (χ1v) is 6.22. The molecule has 1 aromatic heterocycles. The first kappa shape index (κ1) is 15.8. The molecule has 0 fully saturated rings. The van der Waals surface area contributed by atoms with Crippen molar-refractivity contribution in [2.45, 2.75) is 39.5 Å². The molecule has 1 rings (SSSR count). The summed E-state index contributed by atoms with van der Waals surface area (Å²) in [5.41, 5.74) is -1.51. The average Bonchev–Trinajstić information content (AvgIpc) is 2.27. The second-order valence-electron chi connectivity index (χ2n) is 5.03. The molecule has 1 heterocycles. The summed E-state index contributed by atoms with van der Waals surface area (Å²) in [6.45, 7) is 6.35. The largest absolute Gasteiger partial charge is 0.431 e. The van der Waals surface area contributed by atoms with Gasteiger partial charge in [0.05, 0.1) is 0 Å². The number of nitrogens with one attached hydrogen (secondary N) is 1. The Kier molecular flexibility index (Phi) is 5.17. The first-order valence-electron chi connectivity index (χ1n) is 6.22. The molecule has 0 aromatic carbocycles. The van der Waals surface area contributed by atoms with Crippen LogP contribution >= 0.6 is 0 Å². The smallest absolute Gasteiger partial charge is 0.314 e. The van der Waals surface area contributed by atoms with E-state index in [9.17, 15) is 18.0 Å². The zero-order valence-corrected chi connectivity index (χ0v) is 11.3. The molecule has 3 nitrogen and oxygen atoms in total. The van der Waals surface area contributed by atoms with Crippen LogP contribution in [0.15, 0.2) is 23.0 Å². The fourth-order valence-electron chi connectivity index (χ4n) is 1.77. The normalized spacial score (nSPS) is 13.8. The summed E-state index contributed by atoms with van der Waals surface area (Å²) in [4.78, 5) is 11.6. The van der Waals surface area contributed by atoms with Gasteiger partial charge in [0.25, 0.3) is 5.56 Å². The second-order valence-corrected chi connectivity index (χ2v) is 5.03. The summed E-state index contributed by atoms with van der Waals surface area (Å²) in [5.74, 6) is -0.0661. The Morgan fingerprint density at radius 1 is 1.26 bits per heavy atom. The van der Waals surface area contributed by atoms with E-state index in [4.69, 9.17) is 0 Å². The van der Waals surface area contributed by atoms with Crippen molar-refractivity contribution in [3.63, 3.8) is 0 Å². The Bertz CT molecular complexity index is 466. The van der Waals surface area contributed by atoms with Crippen LogP contribution < -0.4 is 10.9 Å². The van der Waals surface area contributed by atoms with Gasteiger partial charge in [0.15, 0.2) is 0 Å². The molecule has 0 aliphatic heterocycles. The zero-order chi connectivity index (χ0) is 14.6. The van der Waals surface area contributed by atoms with Gasteiger partial charge >= 0.3 is 6.18 Å². The molecule has 0 bridgehead atoms. The van der Waals surface area contributed by atoms with Crippen molar-refractivity contribution in [3.05, 3.63) is 34.2 Å². The van der Waals surface area contributed by atoms with E-state index in [0.717, 1.165) is 22.8 Å². The van der Waals surface area contributed by atoms with E-state index in [1.54, 1.807) is 0 Å². The summed E-state index contributed by atoms with van der Waals surface area (Å²) >= 11 is 0. The molecule has 1 N–H and O–H groups in total. The lowest BCUT2D eigenvalue weighted by molar-refractivity contribution is -0.144. The third kappa shape index (κ3) is 4.70. The summed E-state index contributed by atoms with van der Waals surface area (Å²) in [6, 6.07) is 3.48. The third-order valence-corrected chi connectivity index (χ3v) is 2.71. The van der Waals surface area contributed by atoms with Gasteiger partial charge in [-0.05, 0) is 18.5 Å². The number of nitrogens with zero attached hydrogens (tertiary/aromatic N) is 1. The van der Waals surface area contributed by atoms with E-state index >= 15 is 0 Å². The number of alkyl halides is 3. The Morgan fingerprint density at radius 3 is 2.42 bits per heavy atom. The molecule has 0 radical (unpaired) electrons. The van der Waals surface area contributed by atoms with Crippen LogP contribution in [0.25, 0.3) is 0 Å². The van der Waals surface area contributed by atoms with Gasteiger partial charge in [-0.1, -0.05) is 26.8 Å². The highest BCUT2D eigenvalue weighted by atomic mass is 19.4. The molecule has 1 atom stereocenters. The van der Waals surface area contributed by atoms with Gasteiger partial charge in [0, 0.05) is 18.7 Å². The Balaban J connectivity index is 2.91. The highest BCUT2D eigenvalue weighted by Crippen LogP contribution is 2.28. The maximum atomic E-state index is 12.8. The highest BCUT2D eigenvalue weighted by Gasteiger charge is 2.34. The predicted molar refractivity (Wildman–Crippen MR) is 68.0 cm³/mol. The number of rotatable bonds is 5. The monoisotopic (exact) mass is 276 g/mol. The summed E-state index contributed by atoms with van der Waals surface area (Å²) in [5, 5.41) is 3.15. The van der Waals surface area contributed by atoms with Crippen LogP contribution in [0.4, 0.5) is 13.2 Å². The maximum Gasteiger partial charge on any atom is 0.431 e. The fourth-order valence-corrected chi connectivity index (χ4v) is 1.77. The number of pyridine rings is 1. The van der Waals surface area contributed by atoms with Gasteiger partial charge in [-0.3, -0.25) is 4.79 Å². The van der Waals surface area contributed by atoms with Gasteiger partial charge < -0.3 is 9.88 Å². The van der Waals surface area contributed by atoms with E-state index < -0.39 is 17.4 Å². The molecular weight excluding hydrogens is 257 g/mol. The summed E-state index contributed by atoms with van der Waals surface area (Å²) < 4.78 is 39.3. The van der Waals surface area contributed by atoms with E-state index in [2.05, 4.69) is 5.32 Å². The topological polar surface area (TPSA) is 34.0 Å². The van der Waals surface area contributed by atoms with E-state index in [1.165, 1.54) is 0 Å². The van der Waals surface area contributed by atoms with Crippen LogP contribution in [0.2, 0.25) is 0 Å². The van der Waals surface area contributed by atoms with Gasteiger partial charge in [0.1, 0.15) is 5.69 Å². The fraction of sp³-hybridized carbons (Fsp3) is 0.615. The van der Waals surface area contributed by atoms with Crippen molar-refractivity contribution in [1.82, 2.24) is 9.88 Å². The lowest BCUT2D eigenvalue weighted by Crippen LogP contribution is -2.34. The number of aromatic nitrogens is 1. The Labute approximate surface area is 110 Å². The Morgan fingerprint density at radius 2 is 1.89 bits per heavy atom. The van der Waals surface area contributed by atoms with E-state index in [-0.39, 0.29) is 18.5 Å². The Hall–Kier alpha value is -1.30. The second kappa shape index (κ2) is 6.23. The quantitative estimate of drug-likeness (QED) is 0.896. The maximum absolute atomic E-state index is 12.8. The molecule has 0 amide bonds. The summed E-state index contributed by atoms with van der Waals surface area (Å²) in [6.07, 6.45) is -4.51. The van der Waals surface area contributed by atoms with Crippen molar-refractivity contribution in [2.75, 3.05) is 6.54 Å². The predicted octanol–water partition coefficient (Wildman–Crippen LogP) is 2.50. The molecule has 0 aliphatic rings. The van der Waals surface area contributed by atoms with Gasteiger partial charge in [0.2, 0.25) is 0 Å². The first-order chi connectivity index (χ1) is 8.71. The van der Waals surface area contributed by atoms with Crippen molar-refractivity contribution >= 4 is 0 Å². The number of hydrogen-bond acceptors (Lipinski definition) is 2. The molecule has 0 spiro atoms. The molecule has 0 saturated heterocycles. The van der Waals surface area contributed by atoms with Gasteiger partial charge in [-0.25, -0.2) is 0 Å². The average molecular weight is 276 g/mol. The number of halogens is 3. The zero-order valence-electron chi connectivity index (χ0n) is 11.3. The van der Waals surface area contributed by atoms with Crippen LogP contribution in [0, 0.1) is 5.92 Å². The SMILES string of the molecule is CC(CNC(C)C)Cn1c(C(F)(F)F)cccc1=O. The van der Waals surface area contributed by atoms with Crippen molar-refractivity contribution < 1.29 is 13.2 Å². The molecule has 0 saturated carbocycles. The van der Waals surface area contributed by atoms with Gasteiger partial charge in [-0.15, -0.1) is 0 Å². The lowest BCUT2D eigenvalue weighted by atomic mass is 10.1. The minimum Gasteiger partial charge on any atom is -0.314 e. The molecule has 19 heavy (non-hydrogen) atoms. The minimum absolute atomic E-state index is 0.0498. The van der Waals surface area contributed by atoms with E-state index in [0.29, 0.717) is 6.54 Å². The van der Waals surface area contributed by atoms with Crippen LogP contribution in [0.1, 0.15) is 26.5 Å². The van der Waals surface area contributed by atoms with Crippen LogP contribution in [-0.2, 0) is 12.7 Å².